The summed E-state index contributed by atoms with van der Waals surface area (Å²) in [6.45, 7) is 1.59. The smallest absolute Gasteiger partial charge is 0.303 e. The van der Waals surface area contributed by atoms with Gasteiger partial charge in [-0.05, 0) is 55.6 Å². The maximum Gasteiger partial charge on any atom is 0.303 e. The number of carbonyl (C=O) groups excluding carboxylic acids is 1. The molecule has 4 heteroatoms. The predicted octanol–water partition coefficient (Wildman–Crippen LogP) is 2.99. The van der Waals surface area contributed by atoms with Crippen LogP contribution in [0.4, 0.5) is 0 Å². The minimum atomic E-state index is -0.734. The molecule has 1 aromatic rings. The van der Waals surface area contributed by atoms with E-state index in [1.54, 1.807) is 0 Å². The van der Waals surface area contributed by atoms with Crippen molar-refractivity contribution in [2.24, 2.45) is 11.8 Å². The van der Waals surface area contributed by atoms with Gasteiger partial charge in [0.05, 0.1) is 0 Å². The Morgan fingerprint density at radius 2 is 2.12 bits per heavy atom. The molecular formula is C20H25NO3. The van der Waals surface area contributed by atoms with Crippen LogP contribution < -0.4 is 0 Å². The van der Waals surface area contributed by atoms with Crippen LogP contribution in [0.1, 0.15) is 49.7 Å². The maximum absolute atomic E-state index is 13.0. The van der Waals surface area contributed by atoms with Crippen molar-refractivity contribution in [2.45, 2.75) is 50.4 Å². The molecule has 2 aliphatic carbocycles. The van der Waals surface area contributed by atoms with Gasteiger partial charge < -0.3 is 10.0 Å². The van der Waals surface area contributed by atoms with Crippen molar-refractivity contribution in [3.05, 3.63) is 35.4 Å². The van der Waals surface area contributed by atoms with Gasteiger partial charge >= 0.3 is 5.97 Å². The lowest BCUT2D eigenvalue weighted by Crippen LogP contribution is -2.41. The number of hydrogen-bond acceptors (Lipinski definition) is 2. The van der Waals surface area contributed by atoms with Crippen LogP contribution in [0.5, 0.6) is 0 Å². The largest absolute Gasteiger partial charge is 0.481 e. The number of hydrogen-bond donors (Lipinski definition) is 1. The molecule has 1 heterocycles. The standard InChI is InChI=1S/C20H25NO3/c22-18(23)8-7-14-4-3-11-21(13-14)19(24)17-12-20(17)10-9-15-5-1-2-6-16(15)20/h1-2,5-6,14,17H,3-4,7-13H2,(H,22,23). The molecule has 1 spiro atoms. The van der Waals surface area contributed by atoms with Crippen LogP contribution in [-0.2, 0) is 21.4 Å². The van der Waals surface area contributed by atoms with Crippen LogP contribution >= 0.6 is 0 Å². The summed E-state index contributed by atoms with van der Waals surface area (Å²) in [5, 5.41) is 8.87. The second-order valence-corrected chi connectivity index (χ2v) is 7.79. The van der Waals surface area contributed by atoms with Gasteiger partial charge in [0.25, 0.3) is 0 Å². The number of carboxylic acids is 1. The van der Waals surface area contributed by atoms with Crippen molar-refractivity contribution in [3.8, 4) is 0 Å². The van der Waals surface area contributed by atoms with Gasteiger partial charge in [-0.2, -0.15) is 0 Å². The summed E-state index contributed by atoms with van der Waals surface area (Å²) in [5.41, 5.74) is 2.94. The van der Waals surface area contributed by atoms with E-state index < -0.39 is 5.97 Å². The average Bonchev–Trinajstić information content (AvgIpc) is 3.22. The molecule has 0 bridgehead atoms. The molecule has 1 N–H and O–H groups in total. The van der Waals surface area contributed by atoms with Crippen molar-refractivity contribution in [2.75, 3.05) is 13.1 Å². The van der Waals surface area contributed by atoms with Gasteiger partial charge in [-0.3, -0.25) is 9.59 Å². The Balaban J connectivity index is 1.42. The van der Waals surface area contributed by atoms with Gasteiger partial charge in [-0.1, -0.05) is 24.3 Å². The molecule has 3 atom stereocenters. The Hall–Kier alpha value is -1.84. The number of piperidine rings is 1. The zero-order chi connectivity index (χ0) is 16.7. The Bertz CT molecular complexity index is 671. The number of carboxylic acid groups (broad SMARTS) is 1. The molecule has 1 aliphatic heterocycles. The van der Waals surface area contributed by atoms with Crippen LogP contribution in [0, 0.1) is 11.8 Å². The summed E-state index contributed by atoms with van der Waals surface area (Å²) in [4.78, 5) is 25.8. The van der Waals surface area contributed by atoms with Crippen molar-refractivity contribution in [1.82, 2.24) is 4.90 Å². The van der Waals surface area contributed by atoms with E-state index in [2.05, 4.69) is 24.3 Å². The van der Waals surface area contributed by atoms with Crippen LogP contribution in [0.15, 0.2) is 24.3 Å². The third kappa shape index (κ3) is 2.62. The van der Waals surface area contributed by atoms with Gasteiger partial charge in [0.2, 0.25) is 5.91 Å². The lowest BCUT2D eigenvalue weighted by Gasteiger charge is -2.33. The molecule has 1 amide bonds. The third-order valence-corrected chi connectivity index (χ3v) is 6.36. The summed E-state index contributed by atoms with van der Waals surface area (Å²) in [6.07, 6.45) is 6.17. The normalized spacial score (nSPS) is 31.1. The molecule has 128 valence electrons. The van der Waals surface area contributed by atoms with Crippen LogP contribution in [0.2, 0.25) is 0 Å². The fourth-order valence-corrected chi connectivity index (χ4v) is 4.97. The van der Waals surface area contributed by atoms with E-state index in [4.69, 9.17) is 5.11 Å². The zero-order valence-corrected chi connectivity index (χ0v) is 14.0. The third-order valence-electron chi connectivity index (χ3n) is 6.36. The van der Waals surface area contributed by atoms with E-state index in [-0.39, 0.29) is 17.8 Å². The van der Waals surface area contributed by atoms with Crippen LogP contribution in [0.3, 0.4) is 0 Å². The molecule has 3 unspecified atom stereocenters. The molecule has 2 fully saturated rings. The predicted molar refractivity (Wildman–Crippen MR) is 90.7 cm³/mol. The number of aryl methyl sites for hydroxylation is 1. The Kier molecular flexibility index (Phi) is 3.86. The topological polar surface area (TPSA) is 57.6 Å². The van der Waals surface area contributed by atoms with Crippen molar-refractivity contribution < 1.29 is 14.7 Å². The van der Waals surface area contributed by atoms with Gasteiger partial charge in [0.1, 0.15) is 0 Å². The lowest BCUT2D eigenvalue weighted by atomic mass is 9.91. The van der Waals surface area contributed by atoms with E-state index in [0.29, 0.717) is 18.2 Å². The first-order chi connectivity index (χ1) is 11.6. The lowest BCUT2D eigenvalue weighted by molar-refractivity contribution is -0.137. The number of likely N-dealkylation sites (tertiary alicyclic amines) is 1. The number of nitrogens with zero attached hydrogens (tertiary/aromatic N) is 1. The van der Waals surface area contributed by atoms with E-state index >= 15 is 0 Å². The van der Waals surface area contributed by atoms with E-state index in [9.17, 15) is 9.59 Å². The van der Waals surface area contributed by atoms with Crippen LogP contribution in [0.25, 0.3) is 0 Å². The minimum absolute atomic E-state index is 0.113. The number of rotatable bonds is 4. The first-order valence-electron chi connectivity index (χ1n) is 9.19. The van der Waals surface area contributed by atoms with Gasteiger partial charge in [0.15, 0.2) is 0 Å². The Morgan fingerprint density at radius 1 is 1.29 bits per heavy atom. The second kappa shape index (κ2) is 5.91. The molecule has 4 rings (SSSR count). The van der Waals surface area contributed by atoms with E-state index in [0.717, 1.165) is 45.2 Å². The van der Waals surface area contributed by atoms with E-state index in [1.165, 1.54) is 11.1 Å². The average molecular weight is 327 g/mol. The molecule has 0 aromatic heterocycles. The molecule has 3 aliphatic rings. The highest BCUT2D eigenvalue weighted by Crippen LogP contribution is 2.62. The van der Waals surface area contributed by atoms with E-state index in [1.807, 2.05) is 4.90 Å². The highest BCUT2D eigenvalue weighted by Gasteiger charge is 2.62. The summed E-state index contributed by atoms with van der Waals surface area (Å²) >= 11 is 0. The monoisotopic (exact) mass is 327 g/mol. The quantitative estimate of drug-likeness (QED) is 0.925. The fourth-order valence-electron chi connectivity index (χ4n) is 4.97. The summed E-state index contributed by atoms with van der Waals surface area (Å²) in [5.74, 6) is 0.0811. The Labute approximate surface area is 142 Å². The highest BCUT2D eigenvalue weighted by molar-refractivity contribution is 5.85. The van der Waals surface area contributed by atoms with Crippen molar-refractivity contribution >= 4 is 11.9 Å². The molecule has 1 saturated heterocycles. The summed E-state index contributed by atoms with van der Waals surface area (Å²) in [7, 11) is 0. The molecule has 4 nitrogen and oxygen atoms in total. The minimum Gasteiger partial charge on any atom is -0.481 e. The molecule has 24 heavy (non-hydrogen) atoms. The van der Waals surface area contributed by atoms with Crippen molar-refractivity contribution in [3.63, 3.8) is 0 Å². The summed E-state index contributed by atoms with van der Waals surface area (Å²) < 4.78 is 0. The number of aliphatic carboxylic acids is 1. The molecule has 1 saturated carbocycles. The highest BCUT2D eigenvalue weighted by atomic mass is 16.4. The zero-order valence-electron chi connectivity index (χ0n) is 14.0. The summed E-state index contributed by atoms with van der Waals surface area (Å²) in [6, 6.07) is 8.59. The fraction of sp³-hybridized carbons (Fsp3) is 0.600. The second-order valence-electron chi connectivity index (χ2n) is 7.79. The first-order valence-corrected chi connectivity index (χ1v) is 9.19. The molecule has 1 aromatic carbocycles. The maximum atomic E-state index is 13.0. The number of fused-ring (bicyclic) bond motifs is 2. The SMILES string of the molecule is O=C(O)CCC1CCCN(C(=O)C2CC23CCc2ccccc23)C1. The van der Waals surface area contributed by atoms with Gasteiger partial charge in [-0.15, -0.1) is 0 Å². The Morgan fingerprint density at radius 3 is 2.96 bits per heavy atom. The molecule has 0 radical (unpaired) electrons. The number of carbonyl (C=O) groups is 2. The number of amides is 1. The first kappa shape index (κ1) is 15.7. The van der Waals surface area contributed by atoms with Crippen LogP contribution in [-0.4, -0.2) is 35.0 Å². The van der Waals surface area contributed by atoms with Gasteiger partial charge in [0, 0.05) is 30.8 Å². The number of benzene rings is 1. The van der Waals surface area contributed by atoms with Crippen molar-refractivity contribution in [1.29, 1.82) is 0 Å². The van der Waals surface area contributed by atoms with Gasteiger partial charge in [-0.25, -0.2) is 0 Å². The molecular weight excluding hydrogens is 302 g/mol.